The van der Waals surface area contributed by atoms with Gasteiger partial charge < -0.3 is 9.88 Å². The molecule has 1 amide bonds. The standard InChI is InChI=1S/C21H18F8N6O2S/c1-4-15-32-33-18(35(15)2)38-14-6-5-11(34-37-3)8-12(14)17(36)31-16-13(22)7-10(9-30-16)19(23,24)20(25,26)21(27,28)29/h5-9,34H,4H2,1-3H3,(H,30,31,36). The number of aryl methyl sites for hydroxylation is 1. The highest BCUT2D eigenvalue weighted by Crippen LogP contribution is 2.51. The minimum Gasteiger partial charge on any atom is -0.309 e. The molecule has 206 valence electrons. The van der Waals surface area contributed by atoms with Gasteiger partial charge in [-0.25, -0.2) is 9.37 Å². The second-order valence-corrected chi connectivity index (χ2v) is 8.59. The highest BCUT2D eigenvalue weighted by Gasteiger charge is 2.73. The number of carbonyl (C=O) groups is 1. The van der Waals surface area contributed by atoms with Crippen molar-refractivity contribution in [3.8, 4) is 0 Å². The van der Waals surface area contributed by atoms with Crippen LogP contribution in [0.1, 0.15) is 28.7 Å². The molecule has 2 N–H and O–H groups in total. The number of aromatic nitrogens is 4. The molecule has 2 heterocycles. The van der Waals surface area contributed by atoms with E-state index in [4.69, 9.17) is 4.84 Å². The van der Waals surface area contributed by atoms with Gasteiger partial charge in [-0.15, -0.1) is 10.2 Å². The molecule has 0 aliphatic carbocycles. The lowest BCUT2D eigenvalue weighted by Crippen LogP contribution is -2.50. The molecule has 1 aromatic carbocycles. The van der Waals surface area contributed by atoms with Gasteiger partial charge in [0.25, 0.3) is 5.91 Å². The monoisotopic (exact) mass is 570 g/mol. The lowest BCUT2D eigenvalue weighted by molar-refractivity contribution is -0.359. The molecule has 17 heteroatoms. The Balaban J connectivity index is 1.94. The summed E-state index contributed by atoms with van der Waals surface area (Å²) < 4.78 is 108. The number of alkyl halides is 7. The number of benzene rings is 1. The van der Waals surface area contributed by atoms with E-state index in [2.05, 4.69) is 20.7 Å². The summed E-state index contributed by atoms with van der Waals surface area (Å²) in [6.07, 6.45) is -6.12. The van der Waals surface area contributed by atoms with Gasteiger partial charge in [-0.1, -0.05) is 6.92 Å². The number of rotatable bonds is 9. The van der Waals surface area contributed by atoms with Crippen LogP contribution < -0.4 is 10.8 Å². The number of nitrogens with one attached hydrogen (secondary N) is 2. The first-order chi connectivity index (χ1) is 17.6. The summed E-state index contributed by atoms with van der Waals surface area (Å²) in [5.41, 5.74) is 0.635. The minimum atomic E-state index is -6.62. The third-order valence-corrected chi connectivity index (χ3v) is 6.19. The van der Waals surface area contributed by atoms with Gasteiger partial charge in [-0.05, 0) is 36.0 Å². The zero-order valence-corrected chi connectivity index (χ0v) is 20.4. The van der Waals surface area contributed by atoms with Crippen LogP contribution in [0.3, 0.4) is 0 Å². The summed E-state index contributed by atoms with van der Waals surface area (Å²) in [6.45, 7) is 1.86. The van der Waals surface area contributed by atoms with Gasteiger partial charge in [0.05, 0.1) is 18.4 Å². The molecular formula is C21H18F8N6O2S. The largest absolute Gasteiger partial charge is 0.460 e. The Hall–Kier alpha value is -3.47. The van der Waals surface area contributed by atoms with Crippen molar-refractivity contribution in [1.29, 1.82) is 0 Å². The molecule has 0 aliphatic rings. The third-order valence-electron chi connectivity index (χ3n) is 5.07. The Morgan fingerprint density at radius 2 is 1.79 bits per heavy atom. The van der Waals surface area contributed by atoms with Gasteiger partial charge in [0.2, 0.25) is 0 Å². The molecule has 0 aliphatic heterocycles. The first kappa shape index (κ1) is 29.1. The van der Waals surface area contributed by atoms with E-state index in [9.17, 15) is 39.9 Å². The molecule has 0 saturated heterocycles. The predicted molar refractivity (Wildman–Crippen MR) is 119 cm³/mol. The fourth-order valence-corrected chi connectivity index (χ4v) is 3.97. The summed E-state index contributed by atoms with van der Waals surface area (Å²) in [4.78, 5) is 21.2. The van der Waals surface area contributed by atoms with Crippen LogP contribution in [0, 0.1) is 5.82 Å². The van der Waals surface area contributed by atoms with Crippen molar-refractivity contribution in [2.24, 2.45) is 7.05 Å². The number of hydrogen-bond donors (Lipinski definition) is 2. The van der Waals surface area contributed by atoms with Gasteiger partial charge in [0.15, 0.2) is 16.8 Å². The van der Waals surface area contributed by atoms with Crippen LogP contribution >= 0.6 is 11.8 Å². The molecule has 3 rings (SSSR count). The Kier molecular flexibility index (Phi) is 8.21. The number of carbonyl (C=O) groups excluding carboxylic acids is 1. The Morgan fingerprint density at radius 1 is 1.11 bits per heavy atom. The van der Waals surface area contributed by atoms with E-state index < -0.39 is 41.1 Å². The number of nitrogens with zero attached hydrogens (tertiary/aromatic N) is 4. The number of hydrogen-bond acceptors (Lipinski definition) is 7. The molecule has 8 nitrogen and oxygen atoms in total. The number of pyridine rings is 1. The highest BCUT2D eigenvalue weighted by atomic mass is 32.2. The summed E-state index contributed by atoms with van der Waals surface area (Å²) in [7, 11) is 2.99. The minimum absolute atomic E-state index is 0.0806. The number of amides is 1. The van der Waals surface area contributed by atoms with Crippen LogP contribution in [-0.2, 0) is 24.2 Å². The van der Waals surface area contributed by atoms with Crippen LogP contribution in [0.25, 0.3) is 0 Å². The third kappa shape index (κ3) is 5.52. The zero-order chi connectivity index (χ0) is 28.5. The van der Waals surface area contributed by atoms with Crippen LogP contribution in [0.15, 0.2) is 40.5 Å². The second-order valence-electron chi connectivity index (χ2n) is 7.59. The molecule has 0 spiro atoms. The average Bonchev–Trinajstić information content (AvgIpc) is 3.19. The molecule has 0 fully saturated rings. The van der Waals surface area contributed by atoms with E-state index in [-0.39, 0.29) is 28.4 Å². The quantitative estimate of drug-likeness (QED) is 0.256. The molecule has 0 atom stereocenters. The van der Waals surface area contributed by atoms with Crippen LogP contribution in [0.5, 0.6) is 0 Å². The molecule has 0 saturated carbocycles. The lowest BCUT2D eigenvalue weighted by Gasteiger charge is -2.28. The molecule has 0 radical (unpaired) electrons. The normalized spacial score (nSPS) is 12.5. The van der Waals surface area contributed by atoms with Crippen molar-refractivity contribution in [1.82, 2.24) is 19.7 Å². The van der Waals surface area contributed by atoms with Gasteiger partial charge in [-0.3, -0.25) is 15.1 Å². The van der Waals surface area contributed by atoms with Gasteiger partial charge in [-0.2, -0.15) is 30.7 Å². The van der Waals surface area contributed by atoms with Gasteiger partial charge in [0.1, 0.15) is 5.82 Å². The van der Waals surface area contributed by atoms with Crippen molar-refractivity contribution < 1.29 is 44.8 Å². The van der Waals surface area contributed by atoms with Gasteiger partial charge in [0, 0.05) is 30.1 Å². The smallest absolute Gasteiger partial charge is 0.309 e. The first-order valence-electron chi connectivity index (χ1n) is 10.4. The zero-order valence-electron chi connectivity index (χ0n) is 19.6. The Morgan fingerprint density at radius 3 is 2.34 bits per heavy atom. The maximum atomic E-state index is 14.5. The van der Waals surface area contributed by atoms with Crippen LogP contribution in [0.2, 0.25) is 0 Å². The summed E-state index contributed by atoms with van der Waals surface area (Å²) in [6, 6.07) is 4.07. The fourth-order valence-electron chi connectivity index (χ4n) is 3.05. The lowest BCUT2D eigenvalue weighted by atomic mass is 10.0. The van der Waals surface area contributed by atoms with E-state index in [1.807, 2.05) is 12.2 Å². The van der Waals surface area contributed by atoms with E-state index in [1.165, 1.54) is 25.3 Å². The van der Waals surface area contributed by atoms with Crippen molar-refractivity contribution in [2.45, 2.75) is 41.4 Å². The van der Waals surface area contributed by atoms with Crippen molar-refractivity contribution in [3.05, 3.63) is 53.2 Å². The summed E-state index contributed by atoms with van der Waals surface area (Å²) in [5.74, 6) is -15.5. The first-order valence-corrected chi connectivity index (χ1v) is 11.2. The van der Waals surface area contributed by atoms with Crippen LogP contribution in [0.4, 0.5) is 46.6 Å². The second kappa shape index (κ2) is 10.7. The highest BCUT2D eigenvalue weighted by molar-refractivity contribution is 7.99. The van der Waals surface area contributed by atoms with Gasteiger partial charge >= 0.3 is 18.0 Å². The fraction of sp³-hybridized carbons (Fsp3) is 0.333. The van der Waals surface area contributed by atoms with Crippen molar-refractivity contribution >= 4 is 29.2 Å². The predicted octanol–water partition coefficient (Wildman–Crippen LogP) is 5.58. The van der Waals surface area contributed by atoms with Crippen molar-refractivity contribution in [2.75, 3.05) is 17.9 Å². The van der Waals surface area contributed by atoms with Crippen LogP contribution in [-0.4, -0.2) is 44.9 Å². The Labute approximate surface area is 213 Å². The van der Waals surface area contributed by atoms with E-state index >= 15 is 0 Å². The maximum absolute atomic E-state index is 14.5. The molecule has 3 aromatic rings. The molecule has 38 heavy (non-hydrogen) atoms. The molecule has 2 aromatic heterocycles. The summed E-state index contributed by atoms with van der Waals surface area (Å²) >= 11 is 1.01. The topological polar surface area (TPSA) is 94.0 Å². The van der Waals surface area contributed by atoms with E-state index in [0.29, 0.717) is 17.4 Å². The van der Waals surface area contributed by atoms with E-state index in [0.717, 1.165) is 11.8 Å². The molecular weight excluding hydrogens is 552 g/mol. The average molecular weight is 570 g/mol. The summed E-state index contributed by atoms with van der Waals surface area (Å²) in [5, 5.41) is 10.4. The maximum Gasteiger partial charge on any atom is 0.460 e. The Bertz CT molecular complexity index is 1330. The SMILES string of the molecule is CCc1nnc(Sc2ccc(NOC)cc2C(=O)Nc2ncc(C(F)(F)C(F)(F)C(F)(F)F)cc2F)n1C. The number of halogens is 8. The number of anilines is 2. The van der Waals surface area contributed by atoms with Crippen molar-refractivity contribution in [3.63, 3.8) is 0 Å². The molecule has 0 unspecified atom stereocenters. The van der Waals surface area contributed by atoms with E-state index in [1.54, 1.807) is 11.6 Å². The molecule has 0 bridgehead atoms.